The van der Waals surface area contributed by atoms with Gasteiger partial charge in [-0.3, -0.25) is 0 Å². The predicted octanol–water partition coefficient (Wildman–Crippen LogP) is 8.79. The minimum absolute atomic E-state index is 0.128. The highest BCUT2D eigenvalue weighted by Crippen LogP contribution is 2.90. The molecule has 6 bridgehead atoms. The molecule has 6 aliphatic rings. The van der Waals surface area contributed by atoms with Crippen molar-refractivity contribution < 1.29 is 0 Å². The summed E-state index contributed by atoms with van der Waals surface area (Å²) < 4.78 is -3.25. The maximum absolute atomic E-state index is 7.09. The third kappa shape index (κ3) is 1.72. The Hall–Kier alpha value is 2.96. The van der Waals surface area contributed by atoms with Gasteiger partial charge in [-0.1, -0.05) is 92.8 Å². The van der Waals surface area contributed by atoms with Crippen molar-refractivity contribution in [2.75, 3.05) is 0 Å². The van der Waals surface area contributed by atoms with Crippen molar-refractivity contribution in [2.24, 2.45) is 35.5 Å². The van der Waals surface area contributed by atoms with Gasteiger partial charge >= 0.3 is 0 Å². The molecule has 0 aromatic carbocycles. The van der Waals surface area contributed by atoms with Gasteiger partial charge in [-0.2, -0.15) is 0 Å². The van der Waals surface area contributed by atoms with Gasteiger partial charge in [-0.15, -0.1) is 46.4 Å². The second-order valence-electron chi connectivity index (χ2n) is 8.92. The van der Waals surface area contributed by atoms with Crippen molar-refractivity contribution in [1.82, 2.24) is 0 Å². The standard InChI is InChI=1S/C17H8Cl12/c18-8-10(20)14(24)6-3-1-2(4(6)12(8,22)16(14,26)27)5-7(3)15(25)11(21)9(19)13(5,23)17(15,28)29/h2-7H,1H2/t2?,3?,4?,5?,6?,7?,12-,13+,14+,15-. The molecule has 6 unspecified atom stereocenters. The topological polar surface area (TPSA) is 0 Å². The minimum Gasteiger partial charge on any atom is -0.109 e. The van der Waals surface area contributed by atoms with E-state index in [4.69, 9.17) is 139 Å². The average Bonchev–Trinajstić information content (AvgIpc) is 3.33. The summed E-state index contributed by atoms with van der Waals surface area (Å²) in [4.78, 5) is -5.49. The molecular formula is C17H8Cl12. The number of rotatable bonds is 0. The molecule has 4 saturated carbocycles. The molecule has 0 spiro atoms. The first-order valence-corrected chi connectivity index (χ1v) is 13.3. The first-order chi connectivity index (χ1) is 13.1. The van der Waals surface area contributed by atoms with Crippen LogP contribution in [-0.2, 0) is 0 Å². The molecule has 6 rings (SSSR count). The Balaban J connectivity index is 1.62. The van der Waals surface area contributed by atoms with E-state index >= 15 is 0 Å². The smallest absolute Gasteiger partial charge is 0.109 e. The van der Waals surface area contributed by atoms with Crippen LogP contribution in [0.2, 0.25) is 0 Å². The van der Waals surface area contributed by atoms with Gasteiger partial charge in [0.2, 0.25) is 0 Å². The summed E-state index contributed by atoms with van der Waals surface area (Å²) >= 11 is 81.8. The van der Waals surface area contributed by atoms with Crippen LogP contribution < -0.4 is 0 Å². The Morgan fingerprint density at radius 2 is 0.655 bits per heavy atom. The molecule has 0 saturated heterocycles. The number of fused-ring (bicyclic) bond motifs is 16. The van der Waals surface area contributed by atoms with E-state index in [2.05, 4.69) is 0 Å². The summed E-state index contributed by atoms with van der Waals surface area (Å²) in [5.74, 6) is -1.48. The van der Waals surface area contributed by atoms with Gasteiger partial charge in [0.1, 0.15) is 19.5 Å². The Morgan fingerprint density at radius 3 is 0.862 bits per heavy atom. The molecule has 0 heterocycles. The SMILES string of the molecule is ClC1=C(Cl)[C@]2(Cl)C3C4CC(C3[C@@]1(Cl)C2(Cl)Cl)C1C4[C@]2(Cl)C(Cl)=C(Cl)[C@@]1(Cl)C2(Cl)Cl. The molecule has 4 fully saturated rings. The quantitative estimate of drug-likeness (QED) is 0.184. The molecule has 160 valence electrons. The second kappa shape index (κ2) is 5.68. The monoisotopic (exact) mass is 632 g/mol. The minimum atomic E-state index is -1.62. The molecule has 29 heavy (non-hydrogen) atoms. The molecule has 0 N–H and O–H groups in total. The summed E-state index contributed by atoms with van der Waals surface area (Å²) in [6, 6.07) is 0. The lowest BCUT2D eigenvalue weighted by atomic mass is 9.61. The number of allylic oxidation sites excluding steroid dienone is 4. The number of alkyl halides is 8. The maximum atomic E-state index is 7.09. The van der Waals surface area contributed by atoms with Gasteiger partial charge in [0.05, 0.1) is 20.1 Å². The van der Waals surface area contributed by atoms with E-state index in [9.17, 15) is 0 Å². The first-order valence-electron chi connectivity index (χ1n) is 8.74. The summed E-state index contributed by atoms with van der Waals surface area (Å²) in [6.07, 6.45) is 0.715. The van der Waals surface area contributed by atoms with Crippen LogP contribution in [0.5, 0.6) is 0 Å². The highest BCUT2D eigenvalue weighted by atomic mass is 35.5. The molecule has 0 nitrogen and oxygen atoms in total. The molecular weight excluding hydrogens is 630 g/mol. The van der Waals surface area contributed by atoms with E-state index in [-0.39, 0.29) is 55.6 Å². The average molecular weight is 638 g/mol. The Bertz CT molecular complexity index is 825. The van der Waals surface area contributed by atoms with Crippen LogP contribution >= 0.6 is 139 Å². The van der Waals surface area contributed by atoms with Crippen molar-refractivity contribution in [3.63, 3.8) is 0 Å². The fourth-order valence-electron chi connectivity index (χ4n) is 7.72. The molecule has 0 aromatic rings. The predicted molar refractivity (Wildman–Crippen MR) is 126 cm³/mol. The maximum Gasteiger partial charge on any atom is 0.166 e. The Labute approximate surface area is 227 Å². The number of halogens is 12. The summed E-state index contributed by atoms with van der Waals surface area (Å²) in [5, 5.41) is 0.671. The molecule has 0 aromatic heterocycles. The number of hydrogen-bond donors (Lipinski definition) is 0. The van der Waals surface area contributed by atoms with Gasteiger partial charge in [-0.25, -0.2) is 0 Å². The van der Waals surface area contributed by atoms with Crippen molar-refractivity contribution in [3.05, 3.63) is 20.1 Å². The first kappa shape index (κ1) is 22.4. The van der Waals surface area contributed by atoms with Crippen molar-refractivity contribution in [3.8, 4) is 0 Å². The zero-order valence-corrected chi connectivity index (χ0v) is 22.8. The van der Waals surface area contributed by atoms with Crippen molar-refractivity contribution >= 4 is 139 Å². The fourth-order valence-corrected chi connectivity index (χ4v) is 14.0. The highest BCUT2D eigenvalue weighted by molar-refractivity contribution is 6.67. The Morgan fingerprint density at radius 1 is 0.448 bits per heavy atom. The van der Waals surface area contributed by atoms with Crippen LogP contribution in [0.4, 0.5) is 0 Å². The molecule has 0 aliphatic heterocycles. The van der Waals surface area contributed by atoms with E-state index in [0.29, 0.717) is 6.42 Å². The molecule has 0 amide bonds. The number of hydrogen-bond acceptors (Lipinski definition) is 0. The van der Waals surface area contributed by atoms with E-state index in [0.717, 1.165) is 0 Å². The van der Waals surface area contributed by atoms with Gasteiger partial charge in [0, 0.05) is 0 Å². The summed E-state index contributed by atoms with van der Waals surface area (Å²) in [6.45, 7) is 0. The fraction of sp³-hybridized carbons (Fsp3) is 0.765. The lowest BCUT2D eigenvalue weighted by molar-refractivity contribution is 0.0959. The van der Waals surface area contributed by atoms with Crippen LogP contribution in [0.15, 0.2) is 20.1 Å². The highest BCUT2D eigenvalue weighted by Gasteiger charge is 2.94. The van der Waals surface area contributed by atoms with E-state index in [1.54, 1.807) is 0 Å². The third-order valence-corrected chi connectivity index (χ3v) is 17.1. The zero-order valence-electron chi connectivity index (χ0n) is 13.7. The van der Waals surface area contributed by atoms with Crippen LogP contribution in [0.25, 0.3) is 0 Å². The van der Waals surface area contributed by atoms with Gasteiger partial charge in [-0.05, 0) is 41.9 Å². The Kier molecular flexibility index (Phi) is 4.39. The van der Waals surface area contributed by atoms with E-state index in [1.807, 2.05) is 0 Å². The molecule has 0 radical (unpaired) electrons. The summed E-state index contributed by atoms with van der Waals surface area (Å²) in [5.41, 5.74) is 0. The summed E-state index contributed by atoms with van der Waals surface area (Å²) in [7, 11) is 0. The van der Waals surface area contributed by atoms with Crippen molar-refractivity contribution in [1.29, 1.82) is 0 Å². The molecule has 12 heteroatoms. The van der Waals surface area contributed by atoms with Gasteiger partial charge in [0.25, 0.3) is 0 Å². The van der Waals surface area contributed by atoms with Crippen LogP contribution in [-0.4, -0.2) is 28.2 Å². The van der Waals surface area contributed by atoms with E-state index in [1.165, 1.54) is 0 Å². The lowest BCUT2D eigenvalue weighted by Crippen LogP contribution is -2.51. The third-order valence-electron chi connectivity index (χ3n) is 8.49. The van der Waals surface area contributed by atoms with E-state index < -0.39 is 28.2 Å². The molecule has 10 atom stereocenters. The normalized spacial score (nSPS) is 62.5. The zero-order chi connectivity index (χ0) is 21.5. The van der Waals surface area contributed by atoms with Crippen molar-refractivity contribution in [2.45, 2.75) is 34.6 Å². The molecule has 6 aliphatic carbocycles. The van der Waals surface area contributed by atoms with Crippen LogP contribution in [0.3, 0.4) is 0 Å². The lowest BCUT2D eigenvalue weighted by Gasteiger charge is -2.49. The van der Waals surface area contributed by atoms with Gasteiger partial charge in [0.15, 0.2) is 8.67 Å². The van der Waals surface area contributed by atoms with Crippen LogP contribution in [0.1, 0.15) is 6.42 Å². The second-order valence-corrected chi connectivity index (χ2v) is 15.5. The van der Waals surface area contributed by atoms with Gasteiger partial charge < -0.3 is 0 Å². The van der Waals surface area contributed by atoms with Crippen LogP contribution in [0, 0.1) is 35.5 Å². The largest absolute Gasteiger partial charge is 0.166 e.